The molecule has 0 aromatic rings. The van der Waals surface area contributed by atoms with E-state index in [0.717, 1.165) is 12.8 Å². The maximum absolute atomic E-state index is 8.12. The van der Waals surface area contributed by atoms with Gasteiger partial charge in [0.2, 0.25) is 0 Å². The van der Waals surface area contributed by atoms with Gasteiger partial charge in [0.15, 0.2) is 0 Å². The second kappa shape index (κ2) is 3.36. The fourth-order valence-corrected chi connectivity index (χ4v) is 0.499. The number of azide groups is 1. The summed E-state index contributed by atoms with van der Waals surface area (Å²) < 4.78 is 0. The molecule has 0 saturated heterocycles. The summed E-state index contributed by atoms with van der Waals surface area (Å²) in [6.45, 7) is 6.02. The fourth-order valence-electron chi connectivity index (χ4n) is 0.499. The van der Waals surface area contributed by atoms with Crippen molar-refractivity contribution in [3.8, 4) is 0 Å². The molecule has 0 aliphatic heterocycles. The van der Waals surface area contributed by atoms with Crippen LogP contribution >= 0.6 is 0 Å². The lowest BCUT2D eigenvalue weighted by Crippen LogP contribution is -2.17. The number of rotatable bonds is 3. The maximum Gasteiger partial charge on any atom is 0.0455 e. The minimum atomic E-state index is -0.158. The molecule has 0 fully saturated rings. The molecule has 0 N–H and O–H groups in total. The van der Waals surface area contributed by atoms with E-state index in [4.69, 9.17) is 5.53 Å². The molecule has 0 radical (unpaired) electrons. The summed E-state index contributed by atoms with van der Waals surface area (Å²) in [5.41, 5.74) is 7.96. The summed E-state index contributed by atoms with van der Waals surface area (Å²) in [5, 5.41) is 3.67. The smallest absolute Gasteiger partial charge is 0.0455 e. The minimum Gasteiger partial charge on any atom is -0.0876 e. The number of hydrogen-bond acceptors (Lipinski definition) is 1. The highest BCUT2D eigenvalue weighted by molar-refractivity contribution is 4.79. The van der Waals surface area contributed by atoms with E-state index >= 15 is 0 Å². The molecule has 0 rings (SSSR count). The zero-order valence-electron chi connectivity index (χ0n) is 6.26. The third-order valence-electron chi connectivity index (χ3n) is 1.81. The average Bonchev–Trinajstić information content (AvgIpc) is 1.89. The van der Waals surface area contributed by atoms with E-state index in [1.807, 2.05) is 20.8 Å². The van der Waals surface area contributed by atoms with Gasteiger partial charge in [0.25, 0.3) is 0 Å². The first-order valence-electron chi connectivity index (χ1n) is 3.24. The molecule has 52 valence electrons. The molecule has 0 aliphatic rings. The van der Waals surface area contributed by atoms with Crippen LogP contribution in [0.1, 0.15) is 33.6 Å². The first-order chi connectivity index (χ1) is 4.18. The van der Waals surface area contributed by atoms with Gasteiger partial charge in [-0.3, -0.25) is 0 Å². The molecular weight excluding hydrogens is 114 g/mol. The Bertz CT molecular complexity index is 120. The van der Waals surface area contributed by atoms with E-state index in [9.17, 15) is 0 Å². The Hall–Kier alpha value is -0.690. The highest BCUT2D eigenvalue weighted by atomic mass is 15.2. The summed E-state index contributed by atoms with van der Waals surface area (Å²) in [4.78, 5) is 2.77. The molecule has 0 saturated carbocycles. The Morgan fingerprint density at radius 2 is 1.89 bits per heavy atom. The van der Waals surface area contributed by atoms with Crippen molar-refractivity contribution < 1.29 is 0 Å². The second-order valence-electron chi connectivity index (χ2n) is 2.39. The zero-order chi connectivity index (χ0) is 7.33. The van der Waals surface area contributed by atoms with Crippen molar-refractivity contribution in [3.63, 3.8) is 0 Å². The highest BCUT2D eigenvalue weighted by Crippen LogP contribution is 2.18. The van der Waals surface area contributed by atoms with E-state index in [1.54, 1.807) is 0 Å². The largest absolute Gasteiger partial charge is 0.0876 e. The molecule has 3 nitrogen and oxygen atoms in total. The molecule has 0 spiro atoms. The van der Waals surface area contributed by atoms with Crippen molar-refractivity contribution >= 4 is 0 Å². The zero-order valence-corrected chi connectivity index (χ0v) is 6.26. The van der Waals surface area contributed by atoms with Crippen LogP contribution in [-0.2, 0) is 0 Å². The third kappa shape index (κ3) is 2.38. The van der Waals surface area contributed by atoms with Crippen molar-refractivity contribution in [1.29, 1.82) is 0 Å². The van der Waals surface area contributed by atoms with Crippen LogP contribution in [0.4, 0.5) is 0 Å². The van der Waals surface area contributed by atoms with Crippen LogP contribution in [0.25, 0.3) is 10.4 Å². The maximum atomic E-state index is 8.12. The first kappa shape index (κ1) is 8.31. The number of hydrogen-bond donors (Lipinski definition) is 0. The van der Waals surface area contributed by atoms with Crippen LogP contribution in [0.2, 0.25) is 0 Å². The van der Waals surface area contributed by atoms with Gasteiger partial charge in [-0.2, -0.15) is 0 Å². The van der Waals surface area contributed by atoms with Crippen molar-refractivity contribution in [2.75, 3.05) is 0 Å². The van der Waals surface area contributed by atoms with E-state index in [2.05, 4.69) is 10.0 Å². The van der Waals surface area contributed by atoms with Crippen LogP contribution < -0.4 is 0 Å². The molecule has 0 aliphatic carbocycles. The first-order valence-corrected chi connectivity index (χ1v) is 3.24. The van der Waals surface area contributed by atoms with Gasteiger partial charge >= 0.3 is 0 Å². The van der Waals surface area contributed by atoms with Gasteiger partial charge in [-0.15, -0.1) is 0 Å². The molecule has 0 aromatic carbocycles. The fraction of sp³-hybridized carbons (Fsp3) is 1.00. The van der Waals surface area contributed by atoms with Gasteiger partial charge in [-0.1, -0.05) is 25.9 Å². The lowest BCUT2D eigenvalue weighted by Gasteiger charge is -2.18. The van der Waals surface area contributed by atoms with Crippen LogP contribution in [0.5, 0.6) is 0 Å². The van der Waals surface area contributed by atoms with Gasteiger partial charge in [0, 0.05) is 10.5 Å². The summed E-state index contributed by atoms with van der Waals surface area (Å²) >= 11 is 0. The Morgan fingerprint density at radius 3 is 2.00 bits per heavy atom. The molecule has 0 bridgehead atoms. The van der Waals surface area contributed by atoms with Crippen molar-refractivity contribution in [3.05, 3.63) is 10.4 Å². The highest BCUT2D eigenvalue weighted by Gasteiger charge is 2.15. The van der Waals surface area contributed by atoms with Crippen molar-refractivity contribution in [2.24, 2.45) is 5.11 Å². The molecule has 0 atom stereocenters. The van der Waals surface area contributed by atoms with Gasteiger partial charge in [-0.25, -0.2) is 0 Å². The SMILES string of the molecule is CCC(C)(CC)N=[N+]=[N-]. The van der Waals surface area contributed by atoms with Gasteiger partial charge < -0.3 is 0 Å². The molecule has 9 heavy (non-hydrogen) atoms. The Labute approximate surface area is 55.7 Å². The third-order valence-corrected chi connectivity index (χ3v) is 1.81. The van der Waals surface area contributed by atoms with Gasteiger partial charge in [-0.05, 0) is 18.4 Å². The van der Waals surface area contributed by atoms with Crippen molar-refractivity contribution in [2.45, 2.75) is 39.2 Å². The van der Waals surface area contributed by atoms with Crippen LogP contribution in [0, 0.1) is 0 Å². The lowest BCUT2D eigenvalue weighted by atomic mass is 9.97. The van der Waals surface area contributed by atoms with Gasteiger partial charge in [0.05, 0.1) is 0 Å². The van der Waals surface area contributed by atoms with Crippen LogP contribution in [-0.4, -0.2) is 5.54 Å². The normalized spacial score (nSPS) is 10.6. The lowest BCUT2D eigenvalue weighted by molar-refractivity contribution is 0.436. The van der Waals surface area contributed by atoms with Crippen LogP contribution in [0.15, 0.2) is 5.11 Å². The van der Waals surface area contributed by atoms with E-state index in [-0.39, 0.29) is 5.54 Å². The summed E-state index contributed by atoms with van der Waals surface area (Å²) in [6, 6.07) is 0. The monoisotopic (exact) mass is 127 g/mol. The molecule has 3 heteroatoms. The Morgan fingerprint density at radius 1 is 1.44 bits per heavy atom. The molecule has 0 heterocycles. The Balaban J connectivity index is 4.08. The van der Waals surface area contributed by atoms with E-state index in [0.29, 0.717) is 0 Å². The topological polar surface area (TPSA) is 48.8 Å². The summed E-state index contributed by atoms with van der Waals surface area (Å²) in [6.07, 6.45) is 1.82. The molecular formula is C6H13N3. The standard InChI is InChI=1S/C6H13N3/c1-4-6(3,5-2)8-9-7/h4-5H2,1-3H3. The number of nitrogens with zero attached hydrogens (tertiary/aromatic N) is 3. The van der Waals surface area contributed by atoms with E-state index < -0.39 is 0 Å². The molecule has 0 unspecified atom stereocenters. The second-order valence-corrected chi connectivity index (χ2v) is 2.39. The summed E-state index contributed by atoms with van der Waals surface area (Å²) in [5.74, 6) is 0. The predicted octanol–water partition coefficient (Wildman–Crippen LogP) is 2.88. The molecule has 0 aromatic heterocycles. The quantitative estimate of drug-likeness (QED) is 0.318. The molecule has 0 amide bonds. The van der Waals surface area contributed by atoms with Crippen molar-refractivity contribution in [1.82, 2.24) is 0 Å². The van der Waals surface area contributed by atoms with E-state index in [1.165, 1.54) is 0 Å². The average molecular weight is 127 g/mol. The Kier molecular flexibility index (Phi) is 3.10. The van der Waals surface area contributed by atoms with Gasteiger partial charge in [0.1, 0.15) is 0 Å². The minimum absolute atomic E-state index is 0.158. The van der Waals surface area contributed by atoms with Crippen LogP contribution in [0.3, 0.4) is 0 Å². The predicted molar refractivity (Wildman–Crippen MR) is 38.1 cm³/mol. The summed E-state index contributed by atoms with van der Waals surface area (Å²) in [7, 11) is 0.